The van der Waals surface area contributed by atoms with E-state index in [1.807, 2.05) is 24.3 Å². The number of nitrogens with two attached hydrogens (primary N) is 1. The molecule has 0 aliphatic heterocycles. The Morgan fingerprint density at radius 2 is 1.95 bits per heavy atom. The summed E-state index contributed by atoms with van der Waals surface area (Å²) >= 11 is 0. The van der Waals surface area contributed by atoms with Crippen molar-refractivity contribution in [3.63, 3.8) is 0 Å². The fourth-order valence-corrected chi connectivity index (χ4v) is 1.91. The van der Waals surface area contributed by atoms with Crippen LogP contribution in [-0.2, 0) is 11.2 Å². The number of rotatable bonds is 5. The van der Waals surface area contributed by atoms with Gasteiger partial charge in [0.15, 0.2) is 0 Å². The Morgan fingerprint density at radius 1 is 1.24 bits per heavy atom. The number of nitrogen functional groups attached to an aromatic ring is 1. The molecule has 0 unspecified atom stereocenters. The third-order valence-corrected chi connectivity index (χ3v) is 3.09. The molecule has 0 heterocycles. The SMILES string of the molecule is COc1ccc(CCC(=O)Nc2ccc(F)cc2N)cc1. The highest BCUT2D eigenvalue weighted by atomic mass is 19.1. The van der Waals surface area contributed by atoms with Gasteiger partial charge in [-0.05, 0) is 42.3 Å². The zero-order chi connectivity index (χ0) is 15.2. The highest BCUT2D eigenvalue weighted by Crippen LogP contribution is 2.19. The van der Waals surface area contributed by atoms with Crippen LogP contribution in [0.3, 0.4) is 0 Å². The van der Waals surface area contributed by atoms with Crippen LogP contribution in [0, 0.1) is 5.82 Å². The Labute approximate surface area is 122 Å². The Balaban J connectivity index is 1.89. The first kappa shape index (κ1) is 14.8. The van der Waals surface area contributed by atoms with E-state index in [2.05, 4.69) is 5.32 Å². The fraction of sp³-hybridized carbons (Fsp3) is 0.188. The zero-order valence-electron chi connectivity index (χ0n) is 11.7. The molecule has 4 nitrogen and oxygen atoms in total. The van der Waals surface area contributed by atoms with Crippen LogP contribution >= 0.6 is 0 Å². The predicted molar refractivity (Wildman–Crippen MR) is 80.8 cm³/mol. The van der Waals surface area contributed by atoms with Crippen molar-refractivity contribution >= 4 is 17.3 Å². The summed E-state index contributed by atoms with van der Waals surface area (Å²) in [5.74, 6) is 0.190. The summed E-state index contributed by atoms with van der Waals surface area (Å²) < 4.78 is 18.0. The molecule has 0 spiro atoms. The van der Waals surface area contributed by atoms with E-state index in [0.717, 1.165) is 11.3 Å². The van der Waals surface area contributed by atoms with Gasteiger partial charge in [0.2, 0.25) is 5.91 Å². The van der Waals surface area contributed by atoms with Gasteiger partial charge in [0.05, 0.1) is 18.5 Å². The Bertz CT molecular complexity index is 627. The molecule has 0 saturated heterocycles. The van der Waals surface area contributed by atoms with Gasteiger partial charge in [-0.15, -0.1) is 0 Å². The Hall–Kier alpha value is -2.56. The number of hydrogen-bond donors (Lipinski definition) is 2. The number of methoxy groups -OCH3 is 1. The maximum absolute atomic E-state index is 12.9. The van der Waals surface area contributed by atoms with Crippen molar-refractivity contribution in [1.29, 1.82) is 0 Å². The van der Waals surface area contributed by atoms with Crippen molar-refractivity contribution in [2.75, 3.05) is 18.2 Å². The number of ether oxygens (including phenoxy) is 1. The monoisotopic (exact) mass is 288 g/mol. The molecule has 2 rings (SSSR count). The molecule has 0 saturated carbocycles. The quantitative estimate of drug-likeness (QED) is 0.831. The van der Waals surface area contributed by atoms with Crippen LogP contribution in [0.15, 0.2) is 42.5 Å². The summed E-state index contributed by atoms with van der Waals surface area (Å²) in [5, 5.41) is 2.67. The number of carbonyl (C=O) groups excluding carboxylic acids is 1. The Kier molecular flexibility index (Phi) is 4.77. The van der Waals surface area contributed by atoms with Crippen LogP contribution in [0.2, 0.25) is 0 Å². The van der Waals surface area contributed by atoms with E-state index in [-0.39, 0.29) is 11.6 Å². The molecule has 2 aromatic carbocycles. The average Bonchev–Trinajstić information content (AvgIpc) is 2.48. The topological polar surface area (TPSA) is 64.3 Å². The van der Waals surface area contributed by atoms with E-state index in [1.54, 1.807) is 7.11 Å². The van der Waals surface area contributed by atoms with Gasteiger partial charge in [-0.2, -0.15) is 0 Å². The van der Waals surface area contributed by atoms with Gasteiger partial charge in [-0.1, -0.05) is 12.1 Å². The van der Waals surface area contributed by atoms with E-state index in [1.165, 1.54) is 18.2 Å². The molecule has 0 bridgehead atoms. The summed E-state index contributed by atoms with van der Waals surface area (Å²) in [6, 6.07) is 11.4. The third-order valence-electron chi connectivity index (χ3n) is 3.09. The van der Waals surface area contributed by atoms with E-state index in [9.17, 15) is 9.18 Å². The molecule has 1 amide bonds. The largest absolute Gasteiger partial charge is 0.497 e. The second-order valence-corrected chi connectivity index (χ2v) is 4.63. The molecule has 2 aromatic rings. The molecule has 0 aromatic heterocycles. The predicted octanol–water partition coefficient (Wildman–Crippen LogP) is 2.99. The first-order valence-electron chi connectivity index (χ1n) is 6.56. The van der Waals surface area contributed by atoms with Crippen molar-refractivity contribution in [1.82, 2.24) is 0 Å². The molecule has 0 radical (unpaired) electrons. The number of halogens is 1. The number of anilines is 2. The van der Waals surface area contributed by atoms with E-state index in [4.69, 9.17) is 10.5 Å². The van der Waals surface area contributed by atoms with Crippen molar-refractivity contribution < 1.29 is 13.9 Å². The lowest BCUT2D eigenvalue weighted by Crippen LogP contribution is -2.13. The summed E-state index contributed by atoms with van der Waals surface area (Å²) in [5.41, 5.74) is 7.32. The number of hydrogen-bond acceptors (Lipinski definition) is 3. The minimum Gasteiger partial charge on any atom is -0.497 e. The molecule has 0 fully saturated rings. The molecule has 0 aliphatic rings. The minimum absolute atomic E-state index is 0.163. The van der Waals surface area contributed by atoms with Crippen LogP contribution < -0.4 is 15.8 Å². The van der Waals surface area contributed by atoms with Gasteiger partial charge in [0.25, 0.3) is 0 Å². The normalized spacial score (nSPS) is 10.2. The third kappa shape index (κ3) is 4.21. The Morgan fingerprint density at radius 3 is 2.57 bits per heavy atom. The molecule has 3 N–H and O–H groups in total. The molecular formula is C16H17FN2O2. The van der Waals surface area contributed by atoms with E-state index >= 15 is 0 Å². The number of benzene rings is 2. The van der Waals surface area contributed by atoms with E-state index < -0.39 is 5.82 Å². The maximum Gasteiger partial charge on any atom is 0.224 e. The second kappa shape index (κ2) is 6.74. The van der Waals surface area contributed by atoms with Crippen molar-refractivity contribution in [2.24, 2.45) is 0 Å². The molecule has 0 aliphatic carbocycles. The lowest BCUT2D eigenvalue weighted by Gasteiger charge is -2.08. The van der Waals surface area contributed by atoms with E-state index in [0.29, 0.717) is 18.5 Å². The second-order valence-electron chi connectivity index (χ2n) is 4.63. The fourth-order valence-electron chi connectivity index (χ4n) is 1.91. The number of carbonyl (C=O) groups is 1. The summed E-state index contributed by atoms with van der Waals surface area (Å²) in [7, 11) is 1.61. The maximum atomic E-state index is 12.9. The van der Waals surface area contributed by atoms with Crippen LogP contribution in [0.5, 0.6) is 5.75 Å². The van der Waals surface area contributed by atoms with Gasteiger partial charge in [-0.25, -0.2) is 4.39 Å². The number of amides is 1. The van der Waals surface area contributed by atoms with Crippen LogP contribution in [0.1, 0.15) is 12.0 Å². The lowest BCUT2D eigenvalue weighted by atomic mass is 10.1. The smallest absolute Gasteiger partial charge is 0.224 e. The summed E-state index contributed by atoms with van der Waals surface area (Å²) in [6.45, 7) is 0. The first-order valence-corrected chi connectivity index (χ1v) is 6.56. The molecular weight excluding hydrogens is 271 g/mol. The van der Waals surface area contributed by atoms with Gasteiger partial charge in [0.1, 0.15) is 11.6 Å². The average molecular weight is 288 g/mol. The van der Waals surface area contributed by atoms with Gasteiger partial charge >= 0.3 is 0 Å². The number of aryl methyl sites for hydroxylation is 1. The molecule has 110 valence electrons. The van der Waals surface area contributed by atoms with Gasteiger partial charge < -0.3 is 15.8 Å². The van der Waals surface area contributed by atoms with Gasteiger partial charge in [-0.3, -0.25) is 4.79 Å². The van der Waals surface area contributed by atoms with Crippen molar-refractivity contribution in [2.45, 2.75) is 12.8 Å². The zero-order valence-corrected chi connectivity index (χ0v) is 11.7. The van der Waals surface area contributed by atoms with Crippen LogP contribution in [0.25, 0.3) is 0 Å². The molecule has 21 heavy (non-hydrogen) atoms. The van der Waals surface area contributed by atoms with Crippen molar-refractivity contribution in [3.05, 3.63) is 53.8 Å². The van der Waals surface area contributed by atoms with Crippen LogP contribution in [-0.4, -0.2) is 13.0 Å². The molecule has 5 heteroatoms. The highest BCUT2D eigenvalue weighted by Gasteiger charge is 2.06. The molecule has 0 atom stereocenters. The summed E-state index contributed by atoms with van der Waals surface area (Å²) in [4.78, 5) is 11.9. The lowest BCUT2D eigenvalue weighted by molar-refractivity contribution is -0.116. The number of nitrogens with one attached hydrogen (secondary N) is 1. The minimum atomic E-state index is -0.427. The van der Waals surface area contributed by atoms with Crippen molar-refractivity contribution in [3.8, 4) is 5.75 Å². The van der Waals surface area contributed by atoms with Crippen LogP contribution in [0.4, 0.5) is 15.8 Å². The standard InChI is InChI=1S/C16H17FN2O2/c1-21-13-6-2-11(3-7-13)4-9-16(20)19-15-8-5-12(17)10-14(15)18/h2-3,5-8,10H,4,9,18H2,1H3,(H,19,20). The highest BCUT2D eigenvalue weighted by molar-refractivity contribution is 5.93. The first-order chi connectivity index (χ1) is 10.1. The summed E-state index contributed by atoms with van der Waals surface area (Å²) in [6.07, 6.45) is 0.931. The van der Waals surface area contributed by atoms with Gasteiger partial charge in [0, 0.05) is 6.42 Å².